The highest BCUT2D eigenvalue weighted by Gasteiger charge is 2.05. The Morgan fingerprint density at radius 1 is 1.64 bits per heavy atom. The van der Waals surface area contributed by atoms with Gasteiger partial charge in [0.05, 0.1) is 0 Å². The summed E-state index contributed by atoms with van der Waals surface area (Å²) in [5.41, 5.74) is 5.26. The van der Waals surface area contributed by atoms with Crippen molar-refractivity contribution in [2.75, 3.05) is 11.9 Å². The van der Waals surface area contributed by atoms with Crippen LogP contribution in [0.4, 0.5) is 5.82 Å². The molecule has 0 radical (unpaired) electrons. The zero-order valence-corrected chi connectivity index (χ0v) is 7.73. The largest absolute Gasteiger partial charge is 0.504 e. The zero-order valence-electron chi connectivity index (χ0n) is 7.73. The number of aromatic nitrogens is 1. The van der Waals surface area contributed by atoms with Gasteiger partial charge in [-0.3, -0.25) is 4.79 Å². The van der Waals surface area contributed by atoms with Gasteiger partial charge in [0, 0.05) is 12.6 Å². The summed E-state index contributed by atoms with van der Waals surface area (Å²) in [5.74, 6) is -0.0347. The summed E-state index contributed by atoms with van der Waals surface area (Å²) in [5, 5.41) is 11.8. The average Bonchev–Trinajstić information content (AvgIpc) is 2.18. The van der Waals surface area contributed by atoms with Crippen LogP contribution in [0.25, 0.3) is 0 Å². The second-order valence-electron chi connectivity index (χ2n) is 2.81. The highest BCUT2D eigenvalue weighted by Crippen LogP contribution is 2.18. The van der Waals surface area contributed by atoms with E-state index in [2.05, 4.69) is 10.3 Å². The maximum Gasteiger partial charge on any atom is 0.225 e. The van der Waals surface area contributed by atoms with Crippen LogP contribution in [-0.4, -0.2) is 22.5 Å². The van der Waals surface area contributed by atoms with Gasteiger partial charge in [-0.2, -0.15) is 0 Å². The molecule has 1 amide bonds. The Kier molecular flexibility index (Phi) is 3.87. The first-order chi connectivity index (χ1) is 6.74. The van der Waals surface area contributed by atoms with Crippen LogP contribution >= 0.6 is 0 Å². The second-order valence-corrected chi connectivity index (χ2v) is 2.81. The van der Waals surface area contributed by atoms with E-state index < -0.39 is 0 Å². The highest BCUT2D eigenvalue weighted by molar-refractivity contribution is 5.90. The van der Waals surface area contributed by atoms with Gasteiger partial charge in [0.2, 0.25) is 5.91 Å². The molecule has 0 aliphatic heterocycles. The van der Waals surface area contributed by atoms with Gasteiger partial charge < -0.3 is 16.2 Å². The van der Waals surface area contributed by atoms with Gasteiger partial charge in [0.15, 0.2) is 11.6 Å². The summed E-state index contributed by atoms with van der Waals surface area (Å²) in [7, 11) is 0. The van der Waals surface area contributed by atoms with E-state index in [0.29, 0.717) is 19.4 Å². The van der Waals surface area contributed by atoms with Gasteiger partial charge in [-0.05, 0) is 25.1 Å². The quantitative estimate of drug-likeness (QED) is 0.651. The van der Waals surface area contributed by atoms with Crippen molar-refractivity contribution in [3.05, 3.63) is 18.3 Å². The molecule has 5 heteroatoms. The normalized spacial score (nSPS) is 9.79. The van der Waals surface area contributed by atoms with Crippen LogP contribution in [0.1, 0.15) is 12.8 Å². The standard InChI is InChI=1S/C9H13N3O2/c10-5-1-4-8(14)12-9-7(13)3-2-6-11-9/h2-3,6,13H,1,4-5,10H2,(H,11,12,14). The molecule has 0 aliphatic carbocycles. The Hall–Kier alpha value is -1.62. The lowest BCUT2D eigenvalue weighted by molar-refractivity contribution is -0.116. The number of carbonyl (C=O) groups is 1. The number of hydrogen-bond donors (Lipinski definition) is 3. The molecule has 0 bridgehead atoms. The van der Waals surface area contributed by atoms with Crippen molar-refractivity contribution in [1.29, 1.82) is 0 Å². The summed E-state index contributed by atoms with van der Waals surface area (Å²) >= 11 is 0. The van der Waals surface area contributed by atoms with Crippen molar-refractivity contribution < 1.29 is 9.90 Å². The van der Waals surface area contributed by atoms with Crippen molar-refractivity contribution in [3.63, 3.8) is 0 Å². The second kappa shape index (κ2) is 5.18. The number of anilines is 1. The van der Waals surface area contributed by atoms with Crippen molar-refractivity contribution in [2.45, 2.75) is 12.8 Å². The SMILES string of the molecule is NCCCC(=O)Nc1ncccc1O. The zero-order chi connectivity index (χ0) is 10.4. The third-order valence-electron chi connectivity index (χ3n) is 1.65. The average molecular weight is 195 g/mol. The molecule has 0 saturated heterocycles. The lowest BCUT2D eigenvalue weighted by Gasteiger charge is -2.04. The van der Waals surface area contributed by atoms with E-state index in [1.54, 1.807) is 6.07 Å². The summed E-state index contributed by atoms with van der Waals surface area (Å²) in [6, 6.07) is 3.05. The molecule has 0 atom stereocenters. The van der Waals surface area contributed by atoms with E-state index in [9.17, 15) is 9.90 Å². The number of rotatable bonds is 4. The van der Waals surface area contributed by atoms with Gasteiger partial charge in [-0.1, -0.05) is 0 Å². The molecule has 0 fully saturated rings. The van der Waals surface area contributed by atoms with Crippen molar-refractivity contribution in [1.82, 2.24) is 4.98 Å². The number of nitrogens with one attached hydrogen (secondary N) is 1. The number of nitrogens with zero attached hydrogens (tertiary/aromatic N) is 1. The molecule has 1 rings (SSSR count). The fourth-order valence-electron chi connectivity index (χ4n) is 0.950. The Labute approximate surface area is 82.0 Å². The van der Waals surface area contributed by atoms with Crippen LogP contribution in [0.5, 0.6) is 5.75 Å². The number of hydrogen-bond acceptors (Lipinski definition) is 4. The summed E-state index contributed by atoms with van der Waals surface area (Å²) in [6.07, 6.45) is 2.46. The number of pyridine rings is 1. The van der Waals surface area contributed by atoms with Gasteiger partial charge in [0.25, 0.3) is 0 Å². The molecule has 0 aliphatic rings. The monoisotopic (exact) mass is 195 g/mol. The minimum absolute atomic E-state index is 0.0337. The third-order valence-corrected chi connectivity index (χ3v) is 1.65. The third kappa shape index (κ3) is 3.02. The first-order valence-corrected chi connectivity index (χ1v) is 4.38. The minimum atomic E-state index is -0.190. The molecule has 1 heterocycles. The summed E-state index contributed by atoms with van der Waals surface area (Å²) < 4.78 is 0. The number of aromatic hydroxyl groups is 1. The maximum absolute atomic E-state index is 11.2. The molecule has 0 saturated carbocycles. The maximum atomic E-state index is 11.2. The highest BCUT2D eigenvalue weighted by atomic mass is 16.3. The van der Waals surface area contributed by atoms with Gasteiger partial charge >= 0.3 is 0 Å². The Bertz CT molecular complexity index is 315. The van der Waals surface area contributed by atoms with Gasteiger partial charge in [-0.25, -0.2) is 4.98 Å². The van der Waals surface area contributed by atoms with E-state index in [1.807, 2.05) is 0 Å². The predicted molar refractivity (Wildman–Crippen MR) is 52.8 cm³/mol. The Morgan fingerprint density at radius 3 is 3.07 bits per heavy atom. The molecular weight excluding hydrogens is 182 g/mol. The topological polar surface area (TPSA) is 88.2 Å². The van der Waals surface area contributed by atoms with Crippen LogP contribution in [0.3, 0.4) is 0 Å². The molecule has 0 unspecified atom stereocenters. The van der Waals surface area contributed by atoms with Crippen molar-refractivity contribution >= 4 is 11.7 Å². The van der Waals surface area contributed by atoms with Crippen molar-refractivity contribution in [2.24, 2.45) is 5.73 Å². The van der Waals surface area contributed by atoms with Crippen molar-refractivity contribution in [3.8, 4) is 5.75 Å². The van der Waals surface area contributed by atoms with Crippen LogP contribution < -0.4 is 11.1 Å². The molecule has 1 aromatic rings. The molecule has 5 nitrogen and oxygen atoms in total. The lowest BCUT2D eigenvalue weighted by Crippen LogP contribution is -2.14. The summed E-state index contributed by atoms with van der Waals surface area (Å²) in [4.78, 5) is 15.0. The fourth-order valence-corrected chi connectivity index (χ4v) is 0.950. The van der Waals surface area contributed by atoms with Crippen LogP contribution in [0, 0.1) is 0 Å². The van der Waals surface area contributed by atoms with Crippen LogP contribution in [-0.2, 0) is 4.79 Å². The lowest BCUT2D eigenvalue weighted by atomic mass is 10.3. The van der Waals surface area contributed by atoms with E-state index in [0.717, 1.165) is 0 Å². The predicted octanol–water partition coefficient (Wildman–Crippen LogP) is 0.465. The first-order valence-electron chi connectivity index (χ1n) is 4.38. The fraction of sp³-hybridized carbons (Fsp3) is 0.333. The van der Waals surface area contributed by atoms with Gasteiger partial charge in [0.1, 0.15) is 0 Å². The molecule has 0 aromatic carbocycles. The van der Waals surface area contributed by atoms with E-state index in [-0.39, 0.29) is 17.5 Å². The Morgan fingerprint density at radius 2 is 2.43 bits per heavy atom. The van der Waals surface area contributed by atoms with Crippen LogP contribution in [0.15, 0.2) is 18.3 Å². The molecule has 0 spiro atoms. The molecular formula is C9H13N3O2. The van der Waals surface area contributed by atoms with E-state index >= 15 is 0 Å². The number of amides is 1. The molecule has 76 valence electrons. The van der Waals surface area contributed by atoms with Crippen LogP contribution in [0.2, 0.25) is 0 Å². The molecule has 14 heavy (non-hydrogen) atoms. The smallest absolute Gasteiger partial charge is 0.225 e. The minimum Gasteiger partial charge on any atom is -0.504 e. The first kappa shape index (κ1) is 10.5. The van der Waals surface area contributed by atoms with Gasteiger partial charge in [-0.15, -0.1) is 0 Å². The molecule has 4 N–H and O–H groups in total. The van der Waals surface area contributed by atoms with E-state index in [4.69, 9.17) is 5.73 Å². The number of carbonyl (C=O) groups excluding carboxylic acids is 1. The summed E-state index contributed by atoms with van der Waals surface area (Å²) in [6.45, 7) is 0.474. The number of nitrogens with two attached hydrogens (primary N) is 1. The Balaban J connectivity index is 2.52. The molecule has 1 aromatic heterocycles. The van der Waals surface area contributed by atoms with E-state index in [1.165, 1.54) is 12.3 Å².